The number of benzene rings is 2. The molecule has 0 bridgehead atoms. The van der Waals surface area contributed by atoms with Crippen LogP contribution in [0.15, 0.2) is 59.8 Å². The molecule has 1 atom stereocenters. The lowest BCUT2D eigenvalue weighted by Crippen LogP contribution is -2.45. The van der Waals surface area contributed by atoms with Gasteiger partial charge in [0.25, 0.3) is 5.91 Å². The van der Waals surface area contributed by atoms with Crippen LogP contribution in [0.25, 0.3) is 0 Å². The first-order valence-electron chi connectivity index (χ1n) is 8.25. The minimum Gasteiger partial charge on any atom is -0.497 e. The molecule has 1 aliphatic heterocycles. The quantitative estimate of drug-likeness (QED) is 0.778. The number of methoxy groups -OCH3 is 1. The highest BCUT2D eigenvalue weighted by Crippen LogP contribution is 2.28. The standard InChI is InChI=1S/C20H18N4O3/c1-12-17(19(25)23-15-7-9-16(27-2)10-8-15)18(24-20(26)22-12)14-5-3-13(11-21)4-6-14/h3-10,18H,1-2H3,(H,23,25)(H2,22,24,26)/t18-/m1/s1. The minimum atomic E-state index is -0.621. The Morgan fingerprint density at radius 2 is 1.81 bits per heavy atom. The number of nitriles is 1. The van der Waals surface area contributed by atoms with Gasteiger partial charge in [0.15, 0.2) is 0 Å². The van der Waals surface area contributed by atoms with Crippen LogP contribution in [0.3, 0.4) is 0 Å². The number of nitrogens with zero attached hydrogens (tertiary/aromatic N) is 1. The van der Waals surface area contributed by atoms with Crippen molar-refractivity contribution in [1.82, 2.24) is 10.6 Å². The van der Waals surface area contributed by atoms with Gasteiger partial charge >= 0.3 is 6.03 Å². The van der Waals surface area contributed by atoms with Gasteiger partial charge in [-0.1, -0.05) is 12.1 Å². The van der Waals surface area contributed by atoms with Crippen molar-refractivity contribution in [2.24, 2.45) is 0 Å². The topological polar surface area (TPSA) is 103 Å². The van der Waals surface area contributed by atoms with Crippen LogP contribution >= 0.6 is 0 Å². The summed E-state index contributed by atoms with van der Waals surface area (Å²) in [5.74, 6) is 0.352. The first-order chi connectivity index (χ1) is 13.0. The fourth-order valence-electron chi connectivity index (χ4n) is 2.87. The molecule has 0 aliphatic carbocycles. The van der Waals surface area contributed by atoms with E-state index in [0.29, 0.717) is 33.8 Å². The van der Waals surface area contributed by atoms with Gasteiger partial charge in [-0.15, -0.1) is 0 Å². The van der Waals surface area contributed by atoms with Gasteiger partial charge in [0.05, 0.1) is 30.4 Å². The van der Waals surface area contributed by atoms with E-state index in [9.17, 15) is 9.59 Å². The number of carbonyl (C=O) groups is 2. The maximum atomic E-state index is 12.9. The summed E-state index contributed by atoms with van der Waals surface area (Å²) in [4.78, 5) is 24.8. The SMILES string of the molecule is COc1ccc(NC(=O)C2=C(C)NC(=O)N[C@@H]2c2ccc(C#N)cc2)cc1. The van der Waals surface area contributed by atoms with E-state index < -0.39 is 6.04 Å². The van der Waals surface area contributed by atoms with Gasteiger partial charge in [0.1, 0.15) is 5.75 Å². The third-order valence-corrected chi connectivity index (χ3v) is 4.23. The Morgan fingerprint density at radius 1 is 1.15 bits per heavy atom. The third-order valence-electron chi connectivity index (χ3n) is 4.23. The highest BCUT2D eigenvalue weighted by molar-refractivity contribution is 6.06. The van der Waals surface area contributed by atoms with E-state index in [0.717, 1.165) is 0 Å². The van der Waals surface area contributed by atoms with E-state index in [1.807, 2.05) is 6.07 Å². The lowest BCUT2D eigenvalue weighted by atomic mass is 9.94. The first kappa shape index (κ1) is 18.0. The molecule has 27 heavy (non-hydrogen) atoms. The molecule has 136 valence electrons. The van der Waals surface area contributed by atoms with Crippen LogP contribution in [0.5, 0.6) is 5.75 Å². The zero-order valence-electron chi connectivity index (χ0n) is 14.9. The Morgan fingerprint density at radius 3 is 2.41 bits per heavy atom. The third kappa shape index (κ3) is 3.90. The van der Waals surface area contributed by atoms with Crippen LogP contribution in [-0.4, -0.2) is 19.0 Å². The predicted molar refractivity (Wildman–Crippen MR) is 99.9 cm³/mol. The summed E-state index contributed by atoms with van der Waals surface area (Å²) in [5.41, 5.74) is 2.69. The normalized spacial score (nSPS) is 16.0. The van der Waals surface area contributed by atoms with Gasteiger partial charge in [-0.2, -0.15) is 5.26 Å². The summed E-state index contributed by atoms with van der Waals surface area (Å²) in [6.45, 7) is 1.68. The predicted octanol–water partition coefficient (Wildman–Crippen LogP) is 2.83. The Hall–Kier alpha value is -3.79. The molecule has 0 radical (unpaired) electrons. The summed E-state index contributed by atoms with van der Waals surface area (Å²) in [6.07, 6.45) is 0. The molecule has 0 spiro atoms. The summed E-state index contributed by atoms with van der Waals surface area (Å²) >= 11 is 0. The Balaban J connectivity index is 1.90. The number of hydrogen-bond donors (Lipinski definition) is 3. The number of anilines is 1. The number of urea groups is 1. The van der Waals surface area contributed by atoms with Gasteiger partial charge in [0, 0.05) is 11.4 Å². The van der Waals surface area contributed by atoms with Crippen molar-refractivity contribution in [3.8, 4) is 11.8 Å². The molecule has 0 fully saturated rings. The van der Waals surface area contributed by atoms with Crippen LogP contribution in [0.4, 0.5) is 10.5 Å². The molecule has 0 saturated carbocycles. The van der Waals surface area contributed by atoms with E-state index in [1.165, 1.54) is 0 Å². The minimum absolute atomic E-state index is 0.334. The number of amides is 3. The first-order valence-corrected chi connectivity index (χ1v) is 8.25. The molecular formula is C20H18N4O3. The second-order valence-electron chi connectivity index (χ2n) is 5.99. The van der Waals surface area contributed by atoms with E-state index in [-0.39, 0.29) is 11.9 Å². The van der Waals surface area contributed by atoms with Crippen LogP contribution in [-0.2, 0) is 4.79 Å². The largest absolute Gasteiger partial charge is 0.497 e. The Kier molecular flexibility index (Phi) is 5.08. The molecular weight excluding hydrogens is 344 g/mol. The number of allylic oxidation sites excluding steroid dienone is 1. The Labute approximate surface area is 156 Å². The molecule has 7 heteroatoms. The number of hydrogen-bond acceptors (Lipinski definition) is 4. The molecule has 1 aliphatic rings. The van der Waals surface area contributed by atoms with E-state index >= 15 is 0 Å². The smallest absolute Gasteiger partial charge is 0.319 e. The summed E-state index contributed by atoms with van der Waals surface area (Å²) in [7, 11) is 1.57. The van der Waals surface area contributed by atoms with Crippen molar-refractivity contribution in [1.29, 1.82) is 5.26 Å². The van der Waals surface area contributed by atoms with Crippen molar-refractivity contribution in [2.75, 3.05) is 12.4 Å². The van der Waals surface area contributed by atoms with Crippen LogP contribution < -0.4 is 20.7 Å². The van der Waals surface area contributed by atoms with Gasteiger partial charge in [-0.3, -0.25) is 4.79 Å². The van der Waals surface area contributed by atoms with Crippen LogP contribution in [0, 0.1) is 11.3 Å². The highest BCUT2D eigenvalue weighted by Gasteiger charge is 2.31. The average molecular weight is 362 g/mol. The van der Waals surface area contributed by atoms with Crippen LogP contribution in [0.1, 0.15) is 24.1 Å². The molecule has 0 unspecified atom stereocenters. The highest BCUT2D eigenvalue weighted by atomic mass is 16.5. The summed E-state index contributed by atoms with van der Waals surface area (Å²) in [5, 5.41) is 17.2. The van der Waals surface area contributed by atoms with Crippen LogP contribution in [0.2, 0.25) is 0 Å². The fourth-order valence-corrected chi connectivity index (χ4v) is 2.87. The fraction of sp³-hybridized carbons (Fsp3) is 0.150. The number of nitrogens with one attached hydrogen (secondary N) is 3. The lowest BCUT2D eigenvalue weighted by molar-refractivity contribution is -0.113. The van der Waals surface area contributed by atoms with Gasteiger partial charge in [0.2, 0.25) is 0 Å². The van der Waals surface area contributed by atoms with Crippen molar-refractivity contribution >= 4 is 17.6 Å². The molecule has 7 nitrogen and oxygen atoms in total. The molecule has 0 saturated heterocycles. The second kappa shape index (κ2) is 7.62. The molecule has 1 heterocycles. The van der Waals surface area contributed by atoms with Gasteiger partial charge in [-0.05, 0) is 48.9 Å². The lowest BCUT2D eigenvalue weighted by Gasteiger charge is -2.28. The number of ether oxygens (including phenoxy) is 1. The van der Waals surface area contributed by atoms with Gasteiger partial charge < -0.3 is 20.7 Å². The molecule has 3 rings (SSSR count). The molecule has 0 aromatic heterocycles. The molecule has 2 aromatic rings. The van der Waals surface area contributed by atoms with Crippen molar-refractivity contribution in [2.45, 2.75) is 13.0 Å². The average Bonchev–Trinajstić information content (AvgIpc) is 2.68. The molecule has 3 N–H and O–H groups in total. The number of rotatable bonds is 4. The molecule has 2 aromatic carbocycles. The maximum Gasteiger partial charge on any atom is 0.319 e. The van der Waals surface area contributed by atoms with E-state index in [1.54, 1.807) is 62.6 Å². The summed E-state index contributed by atoms with van der Waals surface area (Å²) in [6, 6.07) is 14.8. The second-order valence-corrected chi connectivity index (χ2v) is 5.99. The van der Waals surface area contributed by atoms with E-state index in [2.05, 4.69) is 16.0 Å². The zero-order chi connectivity index (χ0) is 19.4. The van der Waals surface area contributed by atoms with Crippen molar-refractivity contribution in [3.05, 3.63) is 70.9 Å². The summed E-state index contributed by atoms with van der Waals surface area (Å²) < 4.78 is 5.11. The molecule has 3 amide bonds. The number of carbonyl (C=O) groups excluding carboxylic acids is 2. The van der Waals surface area contributed by atoms with E-state index in [4.69, 9.17) is 10.00 Å². The Bertz CT molecular complexity index is 941. The zero-order valence-corrected chi connectivity index (χ0v) is 14.9. The van der Waals surface area contributed by atoms with Gasteiger partial charge in [-0.25, -0.2) is 4.79 Å². The van der Waals surface area contributed by atoms with Crippen molar-refractivity contribution < 1.29 is 14.3 Å². The van der Waals surface area contributed by atoms with Crippen molar-refractivity contribution in [3.63, 3.8) is 0 Å². The maximum absolute atomic E-state index is 12.9. The monoisotopic (exact) mass is 362 g/mol.